The Balaban J connectivity index is 1.26. The number of pyridine rings is 1. The number of nitrogens with zero attached hydrogens (tertiary/aromatic N) is 2. The van der Waals surface area contributed by atoms with Gasteiger partial charge in [-0.25, -0.2) is 4.98 Å². The molecule has 1 saturated heterocycles. The Hall–Kier alpha value is -2.11. The van der Waals surface area contributed by atoms with Gasteiger partial charge in [0.2, 0.25) is 0 Å². The zero-order valence-corrected chi connectivity index (χ0v) is 19.6. The lowest BCUT2D eigenvalue weighted by molar-refractivity contribution is -0.0254. The third-order valence-corrected chi connectivity index (χ3v) is 7.92. The maximum absolute atomic E-state index is 11.1. The van der Waals surface area contributed by atoms with E-state index in [4.69, 9.17) is 11.6 Å². The van der Waals surface area contributed by atoms with E-state index in [-0.39, 0.29) is 0 Å². The molecule has 5 rings (SSSR count). The molecule has 0 spiro atoms. The molecule has 3 heterocycles. The van der Waals surface area contributed by atoms with Crippen molar-refractivity contribution in [1.29, 1.82) is 0 Å². The fourth-order valence-corrected chi connectivity index (χ4v) is 5.78. The van der Waals surface area contributed by atoms with Crippen LogP contribution in [0.5, 0.6) is 0 Å². The van der Waals surface area contributed by atoms with Crippen molar-refractivity contribution < 1.29 is 5.11 Å². The monoisotopic (exact) mass is 462 g/mol. The lowest BCUT2D eigenvalue weighted by atomic mass is 9.84. The highest BCUT2D eigenvalue weighted by atomic mass is 35.5. The largest absolute Gasteiger partial charge is 0.385 e. The topological polar surface area (TPSA) is 36.4 Å². The summed E-state index contributed by atoms with van der Waals surface area (Å²) in [7, 11) is 0. The van der Waals surface area contributed by atoms with Gasteiger partial charge in [0.05, 0.1) is 5.60 Å². The van der Waals surface area contributed by atoms with Crippen LogP contribution in [0.1, 0.15) is 36.8 Å². The maximum atomic E-state index is 11.1. The van der Waals surface area contributed by atoms with Gasteiger partial charge in [-0.2, -0.15) is 0 Å². The smallest absolute Gasteiger partial charge is 0.109 e. The molecule has 164 valence electrons. The summed E-state index contributed by atoms with van der Waals surface area (Å²) in [6.07, 6.45) is 16.6. The first-order valence-corrected chi connectivity index (χ1v) is 12.4. The van der Waals surface area contributed by atoms with Gasteiger partial charge in [0.1, 0.15) is 5.03 Å². The zero-order valence-electron chi connectivity index (χ0n) is 18.0. The number of likely N-dealkylation sites (tertiary alicyclic amines) is 1. The molecule has 3 nitrogen and oxygen atoms in total. The molecule has 32 heavy (non-hydrogen) atoms. The lowest BCUT2D eigenvalue weighted by Crippen LogP contribution is -2.42. The number of piperidine rings is 1. The van der Waals surface area contributed by atoms with Crippen molar-refractivity contribution in [1.82, 2.24) is 9.88 Å². The van der Waals surface area contributed by atoms with Gasteiger partial charge in [-0.1, -0.05) is 59.8 Å². The second kappa shape index (κ2) is 9.40. The van der Waals surface area contributed by atoms with E-state index >= 15 is 0 Å². The summed E-state index contributed by atoms with van der Waals surface area (Å²) in [6.45, 7) is 2.79. The van der Waals surface area contributed by atoms with Gasteiger partial charge in [0.15, 0.2) is 0 Å². The van der Waals surface area contributed by atoms with E-state index in [1.165, 1.54) is 21.6 Å². The number of allylic oxidation sites excluding steroid dienone is 6. The lowest BCUT2D eigenvalue weighted by Gasteiger charge is -2.38. The van der Waals surface area contributed by atoms with Gasteiger partial charge in [0.25, 0.3) is 0 Å². The average molecular weight is 463 g/mol. The van der Waals surface area contributed by atoms with Crippen molar-refractivity contribution in [2.24, 2.45) is 0 Å². The molecule has 0 amide bonds. The summed E-state index contributed by atoms with van der Waals surface area (Å²) in [5.41, 5.74) is 4.08. The number of hydrogen-bond acceptors (Lipinski definition) is 4. The first kappa shape index (κ1) is 21.7. The Morgan fingerprint density at radius 2 is 1.97 bits per heavy atom. The standard InChI is InChI=1S/C27H27ClN2OS/c28-23-11-9-22(10-12-23)27(31)13-17-30(18-14-27)16-4-6-20-19-21-5-1-2-8-25(21)32-26-24(20)7-3-15-29-26/h1-3,6-12,15,19,31H,4-5,13-14,16-18H2. The minimum atomic E-state index is -0.746. The second-order valence-corrected chi connectivity index (χ2v) is 10.1. The molecule has 0 bridgehead atoms. The number of rotatable bonds is 4. The number of aromatic nitrogens is 1. The predicted octanol–water partition coefficient (Wildman–Crippen LogP) is 6.37. The Kier molecular flexibility index (Phi) is 6.38. The number of hydrogen-bond donors (Lipinski definition) is 1. The fraction of sp³-hybridized carbons (Fsp3) is 0.296. The van der Waals surface area contributed by atoms with Crippen LogP contribution in [-0.2, 0) is 5.60 Å². The molecule has 2 aliphatic heterocycles. The molecule has 0 saturated carbocycles. The number of thioether (sulfide) groups is 1. The second-order valence-electron chi connectivity index (χ2n) is 8.62. The normalized spacial score (nSPS) is 21.4. The van der Waals surface area contributed by atoms with Gasteiger partial charge < -0.3 is 10.0 Å². The van der Waals surface area contributed by atoms with Crippen molar-refractivity contribution in [3.05, 3.63) is 99.6 Å². The summed E-state index contributed by atoms with van der Waals surface area (Å²) in [5, 5.41) is 12.9. The maximum Gasteiger partial charge on any atom is 0.109 e. The highest BCUT2D eigenvalue weighted by Gasteiger charge is 2.33. The summed E-state index contributed by atoms with van der Waals surface area (Å²) in [5.74, 6) is 0. The van der Waals surface area contributed by atoms with Crippen LogP contribution in [0.3, 0.4) is 0 Å². The van der Waals surface area contributed by atoms with Gasteiger partial charge in [-0.3, -0.25) is 0 Å². The number of halogens is 1. The van der Waals surface area contributed by atoms with Crippen molar-refractivity contribution in [2.45, 2.75) is 36.3 Å². The van der Waals surface area contributed by atoms with Gasteiger partial charge in [0, 0.05) is 41.3 Å². The van der Waals surface area contributed by atoms with E-state index in [0.29, 0.717) is 5.02 Å². The summed E-state index contributed by atoms with van der Waals surface area (Å²) in [4.78, 5) is 8.40. The molecule has 0 unspecified atom stereocenters. The summed E-state index contributed by atoms with van der Waals surface area (Å²) in [6, 6.07) is 11.8. The minimum Gasteiger partial charge on any atom is -0.385 e. The fourth-order valence-electron chi connectivity index (χ4n) is 4.62. The molecule has 1 aromatic carbocycles. The predicted molar refractivity (Wildman–Crippen MR) is 134 cm³/mol. The minimum absolute atomic E-state index is 0.707. The number of aliphatic hydroxyl groups is 1. The Morgan fingerprint density at radius 1 is 1.16 bits per heavy atom. The molecule has 1 fully saturated rings. The van der Waals surface area contributed by atoms with Gasteiger partial charge >= 0.3 is 0 Å². The molecule has 1 aromatic heterocycles. The first-order valence-electron chi connectivity index (χ1n) is 11.2. The van der Waals surface area contributed by atoms with Crippen LogP contribution in [0, 0.1) is 0 Å². The van der Waals surface area contributed by atoms with E-state index in [9.17, 15) is 5.11 Å². The number of benzene rings is 1. The Bertz CT molecular complexity index is 1110. The molecule has 0 radical (unpaired) electrons. The Labute approximate surface area is 199 Å². The molecular formula is C27H27ClN2OS. The highest BCUT2D eigenvalue weighted by molar-refractivity contribution is 8.03. The average Bonchev–Trinajstić information content (AvgIpc) is 2.97. The number of fused-ring (bicyclic) bond motifs is 2. The molecule has 3 aliphatic rings. The van der Waals surface area contributed by atoms with Gasteiger partial charge in [-0.15, -0.1) is 0 Å². The van der Waals surface area contributed by atoms with Crippen LogP contribution in [0.25, 0.3) is 5.57 Å². The van der Waals surface area contributed by atoms with Crippen LogP contribution in [0.4, 0.5) is 0 Å². The van der Waals surface area contributed by atoms with E-state index in [0.717, 1.165) is 55.9 Å². The quantitative estimate of drug-likeness (QED) is 0.572. The Morgan fingerprint density at radius 3 is 2.78 bits per heavy atom. The highest BCUT2D eigenvalue weighted by Crippen LogP contribution is 2.42. The summed E-state index contributed by atoms with van der Waals surface area (Å²) >= 11 is 7.78. The third-order valence-electron chi connectivity index (χ3n) is 6.53. The van der Waals surface area contributed by atoms with Gasteiger partial charge in [-0.05, 0) is 72.7 Å². The third kappa shape index (κ3) is 4.65. The molecule has 1 N–H and O–H groups in total. The van der Waals surface area contributed by atoms with E-state index in [1.54, 1.807) is 11.8 Å². The molecule has 5 heteroatoms. The van der Waals surface area contributed by atoms with Crippen LogP contribution < -0.4 is 0 Å². The van der Waals surface area contributed by atoms with Crippen LogP contribution >= 0.6 is 23.4 Å². The van der Waals surface area contributed by atoms with Crippen molar-refractivity contribution in [3.8, 4) is 0 Å². The molecule has 2 aromatic rings. The van der Waals surface area contributed by atoms with Crippen LogP contribution in [-0.4, -0.2) is 34.6 Å². The van der Waals surface area contributed by atoms with Crippen LogP contribution in [0.15, 0.2) is 88.5 Å². The van der Waals surface area contributed by atoms with E-state index in [2.05, 4.69) is 46.3 Å². The van der Waals surface area contributed by atoms with Crippen LogP contribution in [0.2, 0.25) is 5.02 Å². The summed E-state index contributed by atoms with van der Waals surface area (Å²) < 4.78 is 0. The first-order chi connectivity index (χ1) is 15.6. The SMILES string of the molecule is OC1(c2ccc(Cl)cc2)CCN(CCC=C2C=C3CC=CC=C3Sc3ncccc32)CC1. The molecular weight excluding hydrogens is 436 g/mol. The van der Waals surface area contributed by atoms with Crippen molar-refractivity contribution >= 4 is 28.9 Å². The molecule has 1 aliphatic carbocycles. The van der Waals surface area contributed by atoms with Crippen molar-refractivity contribution in [2.75, 3.05) is 19.6 Å². The van der Waals surface area contributed by atoms with E-state index in [1.807, 2.05) is 36.5 Å². The van der Waals surface area contributed by atoms with E-state index < -0.39 is 5.60 Å². The van der Waals surface area contributed by atoms with Crippen molar-refractivity contribution in [3.63, 3.8) is 0 Å². The molecule has 0 atom stereocenters. The zero-order chi connectivity index (χ0) is 22.0.